The van der Waals surface area contributed by atoms with E-state index in [9.17, 15) is 9.90 Å². The summed E-state index contributed by atoms with van der Waals surface area (Å²) in [6.45, 7) is -0.471. The molecule has 0 aliphatic carbocycles. The van der Waals surface area contributed by atoms with Crippen molar-refractivity contribution in [1.29, 1.82) is 0 Å². The van der Waals surface area contributed by atoms with Gasteiger partial charge in [0.25, 0.3) is 5.56 Å². The number of nitrogens with two attached hydrogens (primary N) is 1. The molecular formula is C10H11Cl2N5O4. The standard InChI is InChI=1S/C10H11Cl2N5O4/c11-10(12)5(19)3(1-18)21-8(10)17-2-14-4-6(17)15-9(13)16-7(4)20/h2-3,5,8,18-19H,1H2,(H3,13,15,16,20)/t3-,5+,8-/m1/s1. The summed E-state index contributed by atoms with van der Waals surface area (Å²) >= 11 is 12.2. The van der Waals surface area contributed by atoms with Crippen molar-refractivity contribution in [2.24, 2.45) is 0 Å². The number of aliphatic hydroxyl groups excluding tert-OH is 2. The highest BCUT2D eigenvalue weighted by atomic mass is 35.5. The van der Waals surface area contributed by atoms with Crippen LogP contribution in [0.3, 0.4) is 0 Å². The van der Waals surface area contributed by atoms with E-state index in [4.69, 9.17) is 38.8 Å². The summed E-state index contributed by atoms with van der Waals surface area (Å²) in [5.74, 6) is -0.110. The van der Waals surface area contributed by atoms with Gasteiger partial charge < -0.3 is 20.7 Å². The maximum Gasteiger partial charge on any atom is 0.280 e. The Hall–Kier alpha value is -1.39. The van der Waals surface area contributed by atoms with Crippen LogP contribution in [0.5, 0.6) is 0 Å². The Bertz CT molecular complexity index is 745. The summed E-state index contributed by atoms with van der Waals surface area (Å²) in [5.41, 5.74) is 5.11. The van der Waals surface area contributed by atoms with E-state index in [1.54, 1.807) is 0 Å². The predicted octanol–water partition coefficient (Wildman–Crippen LogP) is -0.874. The quantitative estimate of drug-likeness (QED) is 0.523. The Morgan fingerprint density at radius 1 is 1.57 bits per heavy atom. The molecule has 9 nitrogen and oxygen atoms in total. The molecule has 0 amide bonds. The van der Waals surface area contributed by atoms with Crippen molar-refractivity contribution in [3.63, 3.8) is 0 Å². The van der Waals surface area contributed by atoms with Crippen molar-refractivity contribution >= 4 is 40.3 Å². The summed E-state index contributed by atoms with van der Waals surface area (Å²) < 4.78 is 4.98. The van der Waals surface area contributed by atoms with Gasteiger partial charge >= 0.3 is 0 Å². The van der Waals surface area contributed by atoms with Crippen LogP contribution in [0.1, 0.15) is 6.23 Å². The summed E-state index contributed by atoms with van der Waals surface area (Å²) in [4.78, 5) is 21.9. The number of nitrogen functional groups attached to an aromatic ring is 1. The number of halogens is 2. The first-order valence-electron chi connectivity index (χ1n) is 5.90. The van der Waals surface area contributed by atoms with Crippen LogP contribution in [0.15, 0.2) is 11.1 Å². The number of alkyl halides is 2. The molecule has 2 aromatic heterocycles. The third-order valence-electron chi connectivity index (χ3n) is 3.26. The summed E-state index contributed by atoms with van der Waals surface area (Å²) in [5, 5.41) is 19.1. The molecule has 0 spiro atoms. The molecule has 11 heteroatoms. The number of hydrogen-bond donors (Lipinski definition) is 4. The molecule has 0 aromatic carbocycles. The molecule has 0 saturated carbocycles. The Labute approximate surface area is 127 Å². The van der Waals surface area contributed by atoms with Crippen LogP contribution in [-0.4, -0.2) is 52.9 Å². The van der Waals surface area contributed by atoms with E-state index in [-0.39, 0.29) is 17.1 Å². The Balaban J connectivity index is 2.15. The van der Waals surface area contributed by atoms with Crippen LogP contribution < -0.4 is 11.3 Å². The molecule has 114 valence electrons. The van der Waals surface area contributed by atoms with Crippen molar-refractivity contribution in [3.05, 3.63) is 16.7 Å². The van der Waals surface area contributed by atoms with E-state index < -0.39 is 34.9 Å². The second-order valence-corrected chi connectivity index (χ2v) is 6.05. The molecule has 3 heterocycles. The highest BCUT2D eigenvalue weighted by Crippen LogP contribution is 2.47. The minimum atomic E-state index is -1.75. The minimum absolute atomic E-state index is 0.0267. The molecular weight excluding hydrogens is 325 g/mol. The number of nitrogens with zero attached hydrogens (tertiary/aromatic N) is 3. The molecule has 1 fully saturated rings. The monoisotopic (exact) mass is 335 g/mol. The van der Waals surface area contributed by atoms with Crippen LogP contribution in [0.2, 0.25) is 0 Å². The van der Waals surface area contributed by atoms with Crippen molar-refractivity contribution in [1.82, 2.24) is 19.5 Å². The van der Waals surface area contributed by atoms with Gasteiger partial charge in [-0.05, 0) is 0 Å². The number of aliphatic hydroxyl groups is 2. The summed E-state index contributed by atoms with van der Waals surface area (Å²) in [6.07, 6.45) is -2.13. The Morgan fingerprint density at radius 3 is 2.90 bits per heavy atom. The van der Waals surface area contributed by atoms with Gasteiger partial charge in [0, 0.05) is 0 Å². The first-order valence-corrected chi connectivity index (χ1v) is 6.66. The number of aromatic nitrogens is 4. The van der Waals surface area contributed by atoms with Gasteiger partial charge in [0.05, 0.1) is 12.9 Å². The van der Waals surface area contributed by atoms with E-state index in [0.29, 0.717) is 0 Å². The topological polar surface area (TPSA) is 139 Å². The molecule has 0 unspecified atom stereocenters. The lowest BCUT2D eigenvalue weighted by atomic mass is 10.2. The summed E-state index contributed by atoms with van der Waals surface area (Å²) in [7, 11) is 0. The lowest BCUT2D eigenvalue weighted by Crippen LogP contribution is -2.37. The first-order chi connectivity index (χ1) is 9.86. The van der Waals surface area contributed by atoms with Gasteiger partial charge in [-0.1, -0.05) is 23.2 Å². The lowest BCUT2D eigenvalue weighted by molar-refractivity contribution is -0.0434. The molecule has 2 aromatic rings. The van der Waals surface area contributed by atoms with E-state index in [1.807, 2.05) is 0 Å². The average Bonchev–Trinajstić information content (AvgIpc) is 2.91. The number of rotatable bonds is 2. The van der Waals surface area contributed by atoms with Gasteiger partial charge in [-0.15, -0.1) is 0 Å². The fourth-order valence-corrected chi connectivity index (χ4v) is 2.83. The molecule has 1 saturated heterocycles. The molecule has 0 radical (unpaired) electrons. The lowest BCUT2D eigenvalue weighted by Gasteiger charge is -2.23. The van der Waals surface area contributed by atoms with Gasteiger partial charge in [-0.3, -0.25) is 14.3 Å². The van der Waals surface area contributed by atoms with Gasteiger partial charge in [0.2, 0.25) is 5.95 Å². The number of nitrogens with one attached hydrogen (secondary N) is 1. The SMILES string of the molecule is Nc1nc2c(ncn2[C@@H]2O[C@H](CO)[C@H](O)C2(Cl)Cl)c(=O)[nH]1. The smallest absolute Gasteiger partial charge is 0.280 e. The zero-order valence-electron chi connectivity index (χ0n) is 10.4. The molecule has 0 bridgehead atoms. The van der Waals surface area contributed by atoms with Crippen LogP contribution in [0.4, 0.5) is 5.95 Å². The number of aromatic amines is 1. The zero-order valence-corrected chi connectivity index (χ0v) is 11.9. The van der Waals surface area contributed by atoms with Crippen molar-refractivity contribution in [2.75, 3.05) is 12.3 Å². The molecule has 21 heavy (non-hydrogen) atoms. The minimum Gasteiger partial charge on any atom is -0.394 e. The van der Waals surface area contributed by atoms with Gasteiger partial charge in [0.1, 0.15) is 12.2 Å². The highest BCUT2D eigenvalue weighted by Gasteiger charge is 2.55. The van der Waals surface area contributed by atoms with Crippen molar-refractivity contribution in [2.45, 2.75) is 22.8 Å². The van der Waals surface area contributed by atoms with Crippen LogP contribution >= 0.6 is 23.2 Å². The number of ether oxygens (including phenoxy) is 1. The van der Waals surface area contributed by atoms with E-state index in [0.717, 1.165) is 0 Å². The Kier molecular flexibility index (Phi) is 3.34. The van der Waals surface area contributed by atoms with Gasteiger partial charge in [-0.2, -0.15) is 4.98 Å². The van der Waals surface area contributed by atoms with E-state index in [1.165, 1.54) is 10.9 Å². The molecule has 3 rings (SSSR count). The predicted molar refractivity (Wildman–Crippen MR) is 74.0 cm³/mol. The fraction of sp³-hybridized carbons (Fsp3) is 0.500. The number of H-pyrrole nitrogens is 1. The Morgan fingerprint density at radius 2 is 2.29 bits per heavy atom. The van der Waals surface area contributed by atoms with E-state index in [2.05, 4.69) is 15.0 Å². The summed E-state index contributed by atoms with van der Waals surface area (Å²) in [6, 6.07) is 0. The largest absolute Gasteiger partial charge is 0.394 e. The molecule has 1 aliphatic rings. The second-order valence-electron chi connectivity index (χ2n) is 4.60. The highest BCUT2D eigenvalue weighted by molar-refractivity contribution is 6.49. The maximum atomic E-state index is 11.7. The second kappa shape index (κ2) is 4.82. The third-order valence-corrected chi connectivity index (χ3v) is 4.08. The maximum absolute atomic E-state index is 11.7. The fourth-order valence-electron chi connectivity index (χ4n) is 2.23. The van der Waals surface area contributed by atoms with Crippen molar-refractivity contribution in [3.8, 4) is 0 Å². The molecule has 1 aliphatic heterocycles. The van der Waals surface area contributed by atoms with Crippen molar-refractivity contribution < 1.29 is 14.9 Å². The normalized spacial score (nSPS) is 28.3. The van der Waals surface area contributed by atoms with E-state index >= 15 is 0 Å². The number of anilines is 1. The number of imidazole rings is 1. The van der Waals surface area contributed by atoms with Gasteiger partial charge in [0.15, 0.2) is 21.7 Å². The van der Waals surface area contributed by atoms with Crippen LogP contribution in [0.25, 0.3) is 11.2 Å². The average molecular weight is 336 g/mol. The third kappa shape index (κ3) is 2.09. The zero-order chi connectivity index (χ0) is 15.4. The van der Waals surface area contributed by atoms with Crippen LogP contribution in [-0.2, 0) is 4.74 Å². The van der Waals surface area contributed by atoms with Gasteiger partial charge in [-0.25, -0.2) is 4.98 Å². The molecule has 5 N–H and O–H groups in total. The van der Waals surface area contributed by atoms with Crippen LogP contribution in [0, 0.1) is 0 Å². The first kappa shape index (κ1) is 14.5. The molecule has 3 atom stereocenters. The number of fused-ring (bicyclic) bond motifs is 1. The number of hydrogen-bond acceptors (Lipinski definition) is 7.